The Bertz CT molecular complexity index is 758. The molecule has 0 spiro atoms. The maximum Gasteiger partial charge on any atom is 0.433 e. The summed E-state index contributed by atoms with van der Waals surface area (Å²) in [4.78, 5) is 34.8. The summed E-state index contributed by atoms with van der Waals surface area (Å²) >= 11 is 5.81. The standard InChI is InChI=1S/C14H12ClN3O5/c1-17(14(20)11-5-6-13(23-11)18(21)22)8-12(19)16-10-4-2-3-9(15)7-10/h2-7H,8H2,1H3,(H,16,19). The number of nitrogens with one attached hydrogen (secondary N) is 1. The van der Waals surface area contributed by atoms with E-state index >= 15 is 0 Å². The van der Waals surface area contributed by atoms with Gasteiger partial charge in [-0.3, -0.25) is 19.7 Å². The van der Waals surface area contributed by atoms with Crippen molar-refractivity contribution in [3.8, 4) is 0 Å². The smallest absolute Gasteiger partial charge is 0.395 e. The van der Waals surface area contributed by atoms with E-state index in [-0.39, 0.29) is 12.3 Å². The minimum atomic E-state index is -0.747. The van der Waals surface area contributed by atoms with Crippen LogP contribution >= 0.6 is 11.6 Å². The number of furan rings is 1. The topological polar surface area (TPSA) is 106 Å². The molecule has 9 heteroatoms. The number of nitrogens with zero attached hydrogens (tertiary/aromatic N) is 2. The van der Waals surface area contributed by atoms with Gasteiger partial charge in [-0.15, -0.1) is 0 Å². The van der Waals surface area contributed by atoms with Gasteiger partial charge in [0.2, 0.25) is 5.91 Å². The van der Waals surface area contributed by atoms with Gasteiger partial charge in [0.1, 0.15) is 4.92 Å². The fourth-order valence-corrected chi connectivity index (χ4v) is 1.97. The second-order valence-corrected chi connectivity index (χ2v) is 5.05. The highest BCUT2D eigenvalue weighted by atomic mass is 35.5. The number of likely N-dealkylation sites (N-methyl/N-ethyl adjacent to an activating group) is 1. The third-order valence-corrected chi connectivity index (χ3v) is 3.05. The molecule has 0 atom stereocenters. The Morgan fingerprint density at radius 3 is 2.70 bits per heavy atom. The summed E-state index contributed by atoms with van der Waals surface area (Å²) in [6.45, 7) is -0.250. The summed E-state index contributed by atoms with van der Waals surface area (Å²) in [5.74, 6) is -1.83. The zero-order chi connectivity index (χ0) is 17.0. The van der Waals surface area contributed by atoms with E-state index < -0.39 is 22.6 Å². The molecule has 0 aliphatic rings. The number of nitro groups is 1. The minimum absolute atomic E-state index is 0.213. The van der Waals surface area contributed by atoms with Crippen molar-refractivity contribution in [2.75, 3.05) is 18.9 Å². The van der Waals surface area contributed by atoms with E-state index in [1.54, 1.807) is 24.3 Å². The molecule has 0 bridgehead atoms. The van der Waals surface area contributed by atoms with Crippen LogP contribution in [0.1, 0.15) is 10.6 Å². The Morgan fingerprint density at radius 1 is 1.35 bits per heavy atom. The molecule has 0 saturated heterocycles. The van der Waals surface area contributed by atoms with E-state index in [1.807, 2.05) is 0 Å². The van der Waals surface area contributed by atoms with Crippen molar-refractivity contribution in [1.82, 2.24) is 4.90 Å². The van der Waals surface area contributed by atoms with Crippen LogP contribution in [0.25, 0.3) is 0 Å². The highest BCUT2D eigenvalue weighted by Gasteiger charge is 2.21. The molecule has 120 valence electrons. The largest absolute Gasteiger partial charge is 0.433 e. The third kappa shape index (κ3) is 4.30. The molecule has 1 heterocycles. The van der Waals surface area contributed by atoms with Crippen LogP contribution in [0.2, 0.25) is 5.02 Å². The summed E-state index contributed by atoms with van der Waals surface area (Å²) in [5, 5.41) is 13.6. The molecule has 0 aliphatic heterocycles. The predicted molar refractivity (Wildman–Crippen MR) is 82.4 cm³/mol. The van der Waals surface area contributed by atoms with Crippen molar-refractivity contribution in [2.24, 2.45) is 0 Å². The maximum atomic E-state index is 12.0. The average molecular weight is 338 g/mol. The minimum Gasteiger partial charge on any atom is -0.395 e. The lowest BCUT2D eigenvalue weighted by molar-refractivity contribution is -0.402. The van der Waals surface area contributed by atoms with Gasteiger partial charge < -0.3 is 14.6 Å². The normalized spacial score (nSPS) is 10.2. The van der Waals surface area contributed by atoms with Crippen LogP contribution in [0.3, 0.4) is 0 Å². The van der Waals surface area contributed by atoms with Gasteiger partial charge in [-0.05, 0) is 24.3 Å². The Morgan fingerprint density at radius 2 is 2.09 bits per heavy atom. The van der Waals surface area contributed by atoms with E-state index in [9.17, 15) is 19.7 Å². The Hall–Kier alpha value is -2.87. The van der Waals surface area contributed by atoms with Crippen LogP contribution in [0.5, 0.6) is 0 Å². The van der Waals surface area contributed by atoms with Crippen molar-refractivity contribution in [3.05, 3.63) is 57.3 Å². The van der Waals surface area contributed by atoms with Crippen molar-refractivity contribution in [3.63, 3.8) is 0 Å². The van der Waals surface area contributed by atoms with Crippen molar-refractivity contribution in [1.29, 1.82) is 0 Å². The fraction of sp³-hybridized carbons (Fsp3) is 0.143. The first-order valence-electron chi connectivity index (χ1n) is 6.42. The summed E-state index contributed by atoms with van der Waals surface area (Å²) in [7, 11) is 1.38. The van der Waals surface area contributed by atoms with Gasteiger partial charge in [0.25, 0.3) is 5.91 Å². The van der Waals surface area contributed by atoms with Crippen LogP contribution in [-0.2, 0) is 4.79 Å². The van der Waals surface area contributed by atoms with E-state index in [4.69, 9.17) is 16.0 Å². The van der Waals surface area contributed by atoms with Crippen molar-refractivity contribution < 1.29 is 18.9 Å². The summed E-state index contributed by atoms with van der Waals surface area (Å²) < 4.78 is 4.80. The summed E-state index contributed by atoms with van der Waals surface area (Å²) in [6, 6.07) is 8.82. The molecule has 0 aliphatic carbocycles. The first kappa shape index (κ1) is 16.5. The number of hydrogen-bond donors (Lipinski definition) is 1. The highest BCUT2D eigenvalue weighted by molar-refractivity contribution is 6.30. The van der Waals surface area contributed by atoms with Gasteiger partial charge in [0.15, 0.2) is 5.76 Å². The molecule has 0 fully saturated rings. The Kier molecular flexibility index (Phi) is 4.97. The van der Waals surface area contributed by atoms with Crippen molar-refractivity contribution in [2.45, 2.75) is 0 Å². The average Bonchev–Trinajstić information content (AvgIpc) is 2.96. The zero-order valence-electron chi connectivity index (χ0n) is 12.0. The monoisotopic (exact) mass is 337 g/mol. The molecule has 0 radical (unpaired) electrons. The molecule has 2 rings (SSSR count). The predicted octanol–water partition coefficient (Wildman–Crippen LogP) is 2.55. The Labute approximate surface area is 135 Å². The lowest BCUT2D eigenvalue weighted by atomic mass is 10.3. The number of hydrogen-bond acceptors (Lipinski definition) is 5. The number of carbonyl (C=O) groups excluding carboxylic acids is 2. The van der Waals surface area contributed by atoms with E-state index in [0.717, 1.165) is 11.0 Å². The van der Waals surface area contributed by atoms with Gasteiger partial charge in [-0.1, -0.05) is 17.7 Å². The number of halogens is 1. The number of carbonyl (C=O) groups is 2. The van der Waals surface area contributed by atoms with E-state index in [1.165, 1.54) is 13.1 Å². The number of anilines is 1. The zero-order valence-corrected chi connectivity index (χ0v) is 12.7. The SMILES string of the molecule is CN(CC(=O)Nc1cccc(Cl)c1)C(=O)c1ccc([N+](=O)[O-])o1. The molecular formula is C14H12ClN3O5. The van der Waals surface area contributed by atoms with Gasteiger partial charge >= 0.3 is 5.88 Å². The third-order valence-electron chi connectivity index (χ3n) is 2.82. The number of benzene rings is 1. The molecule has 23 heavy (non-hydrogen) atoms. The molecule has 0 saturated carbocycles. The lowest BCUT2D eigenvalue weighted by Gasteiger charge is -2.15. The van der Waals surface area contributed by atoms with Crippen molar-refractivity contribution >= 4 is 35.0 Å². The molecule has 0 unspecified atom stereocenters. The van der Waals surface area contributed by atoms with Crippen LogP contribution in [-0.4, -0.2) is 35.2 Å². The van der Waals surface area contributed by atoms with Crippen LogP contribution in [0.4, 0.5) is 11.6 Å². The highest BCUT2D eigenvalue weighted by Crippen LogP contribution is 2.17. The molecule has 2 amide bonds. The van der Waals surface area contributed by atoms with E-state index in [2.05, 4.69) is 5.32 Å². The number of amides is 2. The van der Waals surface area contributed by atoms with Gasteiger partial charge in [0, 0.05) is 17.8 Å². The maximum absolute atomic E-state index is 12.0. The summed E-state index contributed by atoms with van der Waals surface area (Å²) in [6.07, 6.45) is 0. The van der Waals surface area contributed by atoms with Gasteiger partial charge in [-0.2, -0.15) is 0 Å². The molecule has 1 N–H and O–H groups in total. The van der Waals surface area contributed by atoms with Gasteiger partial charge in [0.05, 0.1) is 12.6 Å². The molecule has 1 aromatic carbocycles. The first-order valence-corrected chi connectivity index (χ1v) is 6.79. The molecule has 1 aromatic heterocycles. The van der Waals surface area contributed by atoms with Crippen LogP contribution in [0.15, 0.2) is 40.8 Å². The van der Waals surface area contributed by atoms with E-state index in [0.29, 0.717) is 10.7 Å². The second kappa shape index (κ2) is 6.93. The fourth-order valence-electron chi connectivity index (χ4n) is 1.78. The van der Waals surface area contributed by atoms with Crippen LogP contribution in [0, 0.1) is 10.1 Å². The molecule has 2 aromatic rings. The summed E-state index contributed by atoms with van der Waals surface area (Å²) in [5.41, 5.74) is 0.497. The molecular weight excluding hydrogens is 326 g/mol. The van der Waals surface area contributed by atoms with Gasteiger partial charge in [-0.25, -0.2) is 0 Å². The molecule has 8 nitrogen and oxygen atoms in total. The first-order chi connectivity index (χ1) is 10.9. The lowest BCUT2D eigenvalue weighted by Crippen LogP contribution is -2.34. The quantitative estimate of drug-likeness (QED) is 0.666. The van der Waals surface area contributed by atoms with Crippen LogP contribution < -0.4 is 5.32 Å². The Balaban J connectivity index is 1.97. The second-order valence-electron chi connectivity index (χ2n) is 4.61. The number of rotatable bonds is 5.